The fraction of sp³-hybridized carbons (Fsp3) is 0.176. The van der Waals surface area contributed by atoms with Crippen LogP contribution in [-0.2, 0) is 10.9 Å². The molecule has 0 heterocycles. The minimum absolute atomic E-state index is 0.184. The highest BCUT2D eigenvalue weighted by atomic mass is 35.6. The van der Waals surface area contributed by atoms with Crippen LogP contribution in [0.3, 0.4) is 0 Å². The van der Waals surface area contributed by atoms with Gasteiger partial charge >= 0.3 is 18.3 Å². The lowest BCUT2D eigenvalue weighted by molar-refractivity contribution is -0.137. The topological polar surface area (TPSA) is 79.5 Å². The molecule has 3 N–H and O–H groups in total. The Morgan fingerprint density at radius 2 is 1.57 bits per heavy atom. The first-order valence-corrected chi connectivity index (χ1v) is 9.40. The van der Waals surface area contributed by atoms with Crippen LogP contribution in [0.25, 0.3) is 0 Å². The third-order valence-corrected chi connectivity index (χ3v) is 4.17. The first kappa shape index (κ1) is 24.2. The van der Waals surface area contributed by atoms with E-state index in [4.69, 9.17) is 51.1 Å². The molecule has 3 amide bonds. The molecule has 0 saturated heterocycles. The van der Waals surface area contributed by atoms with Crippen molar-refractivity contribution in [3.05, 3.63) is 59.1 Å². The van der Waals surface area contributed by atoms with Crippen LogP contribution in [0.5, 0.6) is 0 Å². The van der Waals surface area contributed by atoms with E-state index in [9.17, 15) is 22.8 Å². The molecule has 2 aromatic rings. The Balaban J connectivity index is 2.03. The summed E-state index contributed by atoms with van der Waals surface area (Å²) >= 11 is 22.9. The van der Waals surface area contributed by atoms with Gasteiger partial charge in [-0.15, -0.1) is 0 Å². The molecule has 0 aliphatic heterocycles. The molecule has 0 aliphatic rings. The van der Waals surface area contributed by atoms with Crippen LogP contribution in [-0.4, -0.2) is 22.1 Å². The van der Waals surface area contributed by atoms with Crippen molar-refractivity contribution in [1.29, 1.82) is 0 Å². The zero-order valence-electron chi connectivity index (χ0n) is 14.6. The summed E-state index contributed by atoms with van der Waals surface area (Å²) in [6.07, 6.45) is -7.45. The van der Waals surface area contributed by atoms with Gasteiger partial charge in [0.1, 0.15) is 0 Å². The van der Waals surface area contributed by atoms with Crippen molar-refractivity contribution in [2.45, 2.75) is 16.2 Å². The van der Waals surface area contributed by atoms with Gasteiger partial charge in [0.25, 0.3) is 0 Å². The second-order valence-electron chi connectivity index (χ2n) is 5.64. The van der Waals surface area contributed by atoms with E-state index in [1.54, 1.807) is 0 Å². The second kappa shape index (κ2) is 9.82. The Morgan fingerprint density at radius 1 is 0.933 bits per heavy atom. The molecule has 2 rings (SSSR count). The number of hydrogen-bond acceptors (Lipinski definition) is 3. The Morgan fingerprint density at radius 3 is 2.13 bits per heavy atom. The second-order valence-corrected chi connectivity index (χ2v) is 8.44. The van der Waals surface area contributed by atoms with Crippen LogP contribution in [0.1, 0.15) is 5.56 Å². The molecule has 30 heavy (non-hydrogen) atoms. The molecule has 0 fully saturated rings. The SMILES string of the molecule is O=C(Nc1cccc(C(F)(F)F)c1)NC(OC(=O)Nc1ccc(Cl)cc1)C(Cl)(Cl)Cl. The van der Waals surface area contributed by atoms with Crippen LogP contribution < -0.4 is 16.0 Å². The Bertz CT molecular complexity index is 906. The first-order valence-electron chi connectivity index (χ1n) is 7.89. The molecule has 13 heteroatoms. The third-order valence-electron chi connectivity index (χ3n) is 3.32. The van der Waals surface area contributed by atoms with E-state index in [1.165, 1.54) is 30.3 Å². The van der Waals surface area contributed by atoms with E-state index in [0.717, 1.165) is 12.1 Å². The average Bonchev–Trinajstić information content (AvgIpc) is 2.62. The number of ether oxygens (including phenoxy) is 1. The van der Waals surface area contributed by atoms with Gasteiger partial charge in [-0.25, -0.2) is 9.59 Å². The molecule has 1 atom stereocenters. The van der Waals surface area contributed by atoms with Gasteiger partial charge in [0.2, 0.25) is 10.0 Å². The largest absolute Gasteiger partial charge is 0.421 e. The number of carbonyl (C=O) groups excluding carboxylic acids is 2. The molecule has 162 valence electrons. The fourth-order valence-electron chi connectivity index (χ4n) is 2.03. The standard InChI is InChI=1S/C17H12Cl4F3N3O3/c18-10-4-6-11(7-5-10)26-15(29)30-13(16(19,20)21)27-14(28)25-12-3-1-2-9(8-12)17(22,23)24/h1-8,13H,(H,26,29)(H2,25,27,28). The maximum atomic E-state index is 12.8. The van der Waals surface area contributed by atoms with E-state index in [1.807, 2.05) is 0 Å². The third kappa shape index (κ3) is 7.64. The number of amides is 3. The minimum atomic E-state index is -4.60. The number of alkyl halides is 6. The molecule has 0 aliphatic carbocycles. The summed E-state index contributed by atoms with van der Waals surface area (Å²) in [5.74, 6) is 0. The smallest absolute Gasteiger partial charge is 0.416 e. The highest BCUT2D eigenvalue weighted by molar-refractivity contribution is 6.68. The van der Waals surface area contributed by atoms with Gasteiger partial charge < -0.3 is 10.1 Å². The zero-order chi connectivity index (χ0) is 22.5. The van der Waals surface area contributed by atoms with Gasteiger partial charge in [-0.3, -0.25) is 10.6 Å². The van der Waals surface area contributed by atoms with Crippen LogP contribution >= 0.6 is 46.4 Å². The highest BCUT2D eigenvalue weighted by Gasteiger charge is 2.38. The molecule has 1 unspecified atom stereocenters. The summed E-state index contributed by atoms with van der Waals surface area (Å²) in [7, 11) is 0. The number of carbonyl (C=O) groups is 2. The van der Waals surface area contributed by atoms with E-state index in [2.05, 4.69) is 16.0 Å². The Labute approximate surface area is 188 Å². The van der Waals surface area contributed by atoms with Crippen LogP contribution in [0.15, 0.2) is 48.5 Å². The maximum Gasteiger partial charge on any atom is 0.416 e. The zero-order valence-corrected chi connectivity index (χ0v) is 17.6. The number of nitrogens with one attached hydrogen (secondary N) is 3. The normalized spacial score (nSPS) is 12.6. The van der Waals surface area contributed by atoms with Crippen LogP contribution in [0, 0.1) is 0 Å². The molecule has 2 aromatic carbocycles. The fourth-order valence-corrected chi connectivity index (χ4v) is 2.45. The summed E-state index contributed by atoms with van der Waals surface area (Å²) in [6.45, 7) is 0. The number of anilines is 2. The van der Waals surface area contributed by atoms with Crippen molar-refractivity contribution in [2.24, 2.45) is 0 Å². The number of rotatable bonds is 4. The lowest BCUT2D eigenvalue weighted by Crippen LogP contribution is -2.49. The monoisotopic (exact) mass is 503 g/mol. The quantitative estimate of drug-likeness (QED) is 0.331. The van der Waals surface area contributed by atoms with Gasteiger partial charge in [0.05, 0.1) is 5.56 Å². The van der Waals surface area contributed by atoms with E-state index in [0.29, 0.717) is 16.8 Å². The number of halogens is 7. The van der Waals surface area contributed by atoms with E-state index < -0.39 is 33.9 Å². The number of urea groups is 1. The molecule has 0 radical (unpaired) electrons. The van der Waals surface area contributed by atoms with Gasteiger partial charge in [0.15, 0.2) is 0 Å². The van der Waals surface area contributed by atoms with Crippen molar-refractivity contribution in [1.82, 2.24) is 5.32 Å². The van der Waals surface area contributed by atoms with Crippen molar-refractivity contribution >= 4 is 69.9 Å². The highest BCUT2D eigenvalue weighted by Crippen LogP contribution is 2.32. The average molecular weight is 505 g/mol. The molecule has 0 aromatic heterocycles. The van der Waals surface area contributed by atoms with Crippen molar-refractivity contribution in [2.75, 3.05) is 10.6 Å². The number of hydrogen-bond donors (Lipinski definition) is 3. The predicted octanol–water partition coefficient (Wildman–Crippen LogP) is 6.43. The summed E-state index contributed by atoms with van der Waals surface area (Å²) in [5.41, 5.74) is -0.853. The van der Waals surface area contributed by atoms with Crippen molar-refractivity contribution in [3.8, 4) is 0 Å². The predicted molar refractivity (Wildman–Crippen MR) is 109 cm³/mol. The molecule has 0 saturated carbocycles. The van der Waals surface area contributed by atoms with Crippen molar-refractivity contribution < 1.29 is 27.5 Å². The summed E-state index contributed by atoms with van der Waals surface area (Å²) in [5, 5.41) is 6.95. The van der Waals surface area contributed by atoms with Gasteiger partial charge in [-0.05, 0) is 42.5 Å². The lowest BCUT2D eigenvalue weighted by Gasteiger charge is -2.25. The Hall–Kier alpha value is -2.07. The van der Waals surface area contributed by atoms with Crippen LogP contribution in [0.2, 0.25) is 5.02 Å². The minimum Gasteiger partial charge on any atom is -0.421 e. The maximum absolute atomic E-state index is 12.8. The first-order chi connectivity index (χ1) is 13.8. The Kier molecular flexibility index (Phi) is 7.93. The van der Waals surface area contributed by atoms with Gasteiger partial charge in [0, 0.05) is 16.4 Å². The number of benzene rings is 2. The molecule has 0 bridgehead atoms. The van der Waals surface area contributed by atoms with Gasteiger partial charge in [-0.2, -0.15) is 13.2 Å². The van der Waals surface area contributed by atoms with Gasteiger partial charge in [-0.1, -0.05) is 52.5 Å². The molecule has 0 spiro atoms. The summed E-state index contributed by atoms with van der Waals surface area (Å²) in [4.78, 5) is 24.1. The molecule has 6 nitrogen and oxygen atoms in total. The summed E-state index contributed by atoms with van der Waals surface area (Å²) in [6, 6.07) is 8.73. The van der Waals surface area contributed by atoms with E-state index in [-0.39, 0.29) is 5.69 Å². The molecular formula is C17H12Cl4F3N3O3. The van der Waals surface area contributed by atoms with E-state index >= 15 is 0 Å². The summed E-state index contributed by atoms with van der Waals surface area (Å²) < 4.78 is 40.9. The molecular weight excluding hydrogens is 493 g/mol. The lowest BCUT2D eigenvalue weighted by atomic mass is 10.2. The van der Waals surface area contributed by atoms with Crippen LogP contribution in [0.4, 0.5) is 34.1 Å². The van der Waals surface area contributed by atoms with Crippen molar-refractivity contribution in [3.63, 3.8) is 0 Å².